The second-order valence-electron chi connectivity index (χ2n) is 7.72. The molecule has 0 bridgehead atoms. The molecular formula is C23H29ClN4O3. The monoisotopic (exact) mass is 444 g/mol. The number of hydrogen-bond donors (Lipinski definition) is 1. The molecule has 0 aliphatic carbocycles. The molecule has 1 aliphatic rings. The summed E-state index contributed by atoms with van der Waals surface area (Å²) in [5, 5.41) is 12.0. The number of aromatic nitrogens is 3. The van der Waals surface area contributed by atoms with Gasteiger partial charge in [0.05, 0.1) is 20.1 Å². The fraction of sp³-hybridized carbons (Fsp3) is 0.435. The maximum Gasteiger partial charge on any atom is 0.306 e. The van der Waals surface area contributed by atoms with Crippen LogP contribution in [0.25, 0.3) is 11.0 Å². The molecule has 7 nitrogen and oxygen atoms in total. The fourth-order valence-corrected chi connectivity index (χ4v) is 4.37. The number of aryl methyl sites for hydroxylation is 2. The summed E-state index contributed by atoms with van der Waals surface area (Å²) in [6, 6.07) is 8.57. The summed E-state index contributed by atoms with van der Waals surface area (Å²) in [4.78, 5) is 12.5. The Bertz CT molecular complexity index is 1100. The van der Waals surface area contributed by atoms with Crippen LogP contribution in [-0.4, -0.2) is 41.2 Å². The van der Waals surface area contributed by atoms with Crippen molar-refractivity contribution in [2.75, 3.05) is 20.3 Å². The highest BCUT2D eigenvalue weighted by atomic mass is 35.5. The van der Waals surface area contributed by atoms with E-state index in [1.165, 1.54) is 11.1 Å². The highest BCUT2D eigenvalue weighted by Crippen LogP contribution is 2.38. The van der Waals surface area contributed by atoms with E-state index in [9.17, 15) is 4.79 Å². The smallest absolute Gasteiger partial charge is 0.306 e. The average molecular weight is 445 g/mol. The van der Waals surface area contributed by atoms with Crippen molar-refractivity contribution in [1.82, 2.24) is 20.3 Å². The van der Waals surface area contributed by atoms with Crippen LogP contribution in [0.1, 0.15) is 47.1 Å². The SMILES string of the molecule is CCOC(=O)CC(c1ccc2c(c1)CNCC2)c1cc(OC)c2c(nnn2C)c1C.Cl. The highest BCUT2D eigenvalue weighted by Gasteiger charge is 2.26. The number of rotatable bonds is 6. The number of nitrogens with zero attached hydrogens (tertiary/aromatic N) is 3. The summed E-state index contributed by atoms with van der Waals surface area (Å²) in [6.07, 6.45) is 1.28. The van der Waals surface area contributed by atoms with Crippen molar-refractivity contribution in [3.05, 3.63) is 52.1 Å². The maximum absolute atomic E-state index is 12.5. The van der Waals surface area contributed by atoms with Crippen LogP contribution >= 0.6 is 12.4 Å². The normalized spacial score (nSPS) is 13.9. The van der Waals surface area contributed by atoms with E-state index in [0.29, 0.717) is 12.4 Å². The number of esters is 1. The van der Waals surface area contributed by atoms with Crippen LogP contribution in [-0.2, 0) is 29.5 Å². The molecule has 8 heteroatoms. The second-order valence-corrected chi connectivity index (χ2v) is 7.72. The summed E-state index contributed by atoms with van der Waals surface area (Å²) >= 11 is 0. The van der Waals surface area contributed by atoms with Gasteiger partial charge in [-0.25, -0.2) is 4.68 Å². The van der Waals surface area contributed by atoms with Crippen molar-refractivity contribution in [1.29, 1.82) is 0 Å². The summed E-state index contributed by atoms with van der Waals surface area (Å²) in [5.74, 6) is 0.333. The lowest BCUT2D eigenvalue weighted by Gasteiger charge is -2.24. The minimum atomic E-state index is -0.212. The number of ether oxygens (including phenoxy) is 2. The molecule has 0 fully saturated rings. The van der Waals surface area contributed by atoms with Gasteiger partial charge in [0.25, 0.3) is 0 Å². The Kier molecular flexibility index (Phi) is 7.18. The Morgan fingerprint density at radius 2 is 2.10 bits per heavy atom. The van der Waals surface area contributed by atoms with Crippen LogP contribution in [0.2, 0.25) is 0 Å². The number of fused-ring (bicyclic) bond motifs is 2. The molecule has 4 rings (SSSR count). The molecule has 1 atom stereocenters. The van der Waals surface area contributed by atoms with Gasteiger partial charge < -0.3 is 14.8 Å². The van der Waals surface area contributed by atoms with Crippen molar-refractivity contribution in [2.45, 2.75) is 39.2 Å². The van der Waals surface area contributed by atoms with Gasteiger partial charge in [-0.2, -0.15) is 0 Å². The van der Waals surface area contributed by atoms with Crippen molar-refractivity contribution < 1.29 is 14.3 Å². The lowest BCUT2D eigenvalue weighted by atomic mass is 9.83. The number of benzene rings is 2. The molecule has 1 N–H and O–H groups in total. The van der Waals surface area contributed by atoms with Gasteiger partial charge in [0.2, 0.25) is 0 Å². The van der Waals surface area contributed by atoms with E-state index in [0.717, 1.165) is 47.2 Å². The number of carbonyl (C=O) groups excluding carboxylic acids is 1. The molecule has 1 unspecified atom stereocenters. The minimum absolute atomic E-state index is 0. The number of nitrogens with one attached hydrogen (secondary N) is 1. The van der Waals surface area contributed by atoms with Gasteiger partial charge in [-0.05, 0) is 60.7 Å². The van der Waals surface area contributed by atoms with Crippen molar-refractivity contribution in [3.63, 3.8) is 0 Å². The molecule has 0 saturated heterocycles. The van der Waals surface area contributed by atoms with Crippen LogP contribution in [0.15, 0.2) is 24.3 Å². The van der Waals surface area contributed by atoms with E-state index in [-0.39, 0.29) is 30.7 Å². The predicted octanol–water partition coefficient (Wildman–Crippen LogP) is 3.44. The first-order valence-electron chi connectivity index (χ1n) is 10.4. The van der Waals surface area contributed by atoms with E-state index in [4.69, 9.17) is 9.47 Å². The zero-order valence-electron chi connectivity index (χ0n) is 18.4. The first kappa shape index (κ1) is 23.0. The summed E-state index contributed by atoms with van der Waals surface area (Å²) in [6.45, 7) is 6.07. The van der Waals surface area contributed by atoms with E-state index >= 15 is 0 Å². The summed E-state index contributed by atoms with van der Waals surface area (Å²) in [7, 11) is 3.50. The average Bonchev–Trinajstić information content (AvgIpc) is 3.15. The lowest BCUT2D eigenvalue weighted by molar-refractivity contribution is -0.143. The lowest BCUT2D eigenvalue weighted by Crippen LogP contribution is -2.24. The molecule has 0 amide bonds. The summed E-state index contributed by atoms with van der Waals surface area (Å²) < 4.78 is 12.7. The molecule has 0 saturated carbocycles. The van der Waals surface area contributed by atoms with Crippen molar-refractivity contribution >= 4 is 29.4 Å². The molecule has 0 spiro atoms. The van der Waals surface area contributed by atoms with Gasteiger partial charge >= 0.3 is 5.97 Å². The Hall–Kier alpha value is -2.64. The van der Waals surface area contributed by atoms with Gasteiger partial charge in [-0.3, -0.25) is 4.79 Å². The molecule has 1 aliphatic heterocycles. The number of hydrogen-bond acceptors (Lipinski definition) is 6. The van der Waals surface area contributed by atoms with Crippen molar-refractivity contribution in [3.8, 4) is 5.75 Å². The Labute approximate surface area is 188 Å². The zero-order valence-corrected chi connectivity index (χ0v) is 19.2. The zero-order chi connectivity index (χ0) is 21.3. The van der Waals surface area contributed by atoms with Crippen LogP contribution in [0.4, 0.5) is 0 Å². The third kappa shape index (κ3) is 4.38. The van der Waals surface area contributed by atoms with Gasteiger partial charge in [0, 0.05) is 19.5 Å². The van der Waals surface area contributed by atoms with Gasteiger partial charge in [0.15, 0.2) is 0 Å². The Balaban J connectivity index is 0.00000272. The van der Waals surface area contributed by atoms with E-state index < -0.39 is 0 Å². The first-order chi connectivity index (χ1) is 14.5. The topological polar surface area (TPSA) is 78.3 Å². The van der Waals surface area contributed by atoms with Crippen LogP contribution in [0, 0.1) is 6.92 Å². The standard InChI is InChI=1S/C23H28N4O3.ClH/c1-5-30-21(28)12-19(16-7-6-15-8-9-24-13-17(15)10-16)18-11-20(29-4)23-22(14(18)2)25-26-27(23)3;/h6-7,10-11,19,24H,5,8-9,12-13H2,1-4H3;1H. The molecule has 2 heterocycles. The third-order valence-electron chi connectivity index (χ3n) is 5.93. The Morgan fingerprint density at radius 3 is 2.84 bits per heavy atom. The number of carbonyl (C=O) groups is 1. The van der Waals surface area contributed by atoms with E-state index in [2.05, 4.69) is 33.8 Å². The number of methoxy groups -OCH3 is 1. The van der Waals surface area contributed by atoms with Crippen LogP contribution in [0.3, 0.4) is 0 Å². The van der Waals surface area contributed by atoms with Crippen LogP contribution < -0.4 is 10.1 Å². The maximum atomic E-state index is 12.5. The van der Waals surface area contributed by atoms with Gasteiger partial charge in [-0.1, -0.05) is 23.4 Å². The fourth-order valence-electron chi connectivity index (χ4n) is 4.37. The van der Waals surface area contributed by atoms with Crippen molar-refractivity contribution in [2.24, 2.45) is 7.05 Å². The Morgan fingerprint density at radius 1 is 1.29 bits per heavy atom. The largest absolute Gasteiger partial charge is 0.494 e. The molecule has 0 radical (unpaired) electrons. The molecule has 2 aromatic carbocycles. The third-order valence-corrected chi connectivity index (χ3v) is 5.93. The van der Waals surface area contributed by atoms with E-state index in [1.807, 2.05) is 27.0 Å². The number of halogens is 1. The predicted molar refractivity (Wildman–Crippen MR) is 122 cm³/mol. The minimum Gasteiger partial charge on any atom is -0.494 e. The van der Waals surface area contributed by atoms with E-state index in [1.54, 1.807) is 11.8 Å². The quantitative estimate of drug-likeness (QED) is 0.587. The first-order valence-corrected chi connectivity index (χ1v) is 10.4. The molecule has 3 aromatic rings. The molecule has 166 valence electrons. The molecule has 1 aromatic heterocycles. The second kappa shape index (κ2) is 9.66. The van der Waals surface area contributed by atoms with Crippen LogP contribution in [0.5, 0.6) is 5.75 Å². The molecular weight excluding hydrogens is 416 g/mol. The van der Waals surface area contributed by atoms with Gasteiger partial charge in [0.1, 0.15) is 16.8 Å². The highest BCUT2D eigenvalue weighted by molar-refractivity contribution is 5.86. The van der Waals surface area contributed by atoms with Gasteiger partial charge in [-0.15, -0.1) is 17.5 Å². The summed E-state index contributed by atoms with van der Waals surface area (Å²) in [5.41, 5.74) is 7.41. The molecule has 31 heavy (non-hydrogen) atoms.